The summed E-state index contributed by atoms with van der Waals surface area (Å²) in [5, 5.41) is 3.31. The van der Waals surface area contributed by atoms with Gasteiger partial charge < -0.3 is 10.1 Å². The molecule has 0 amide bonds. The van der Waals surface area contributed by atoms with Crippen LogP contribution in [0.2, 0.25) is 0 Å². The third-order valence-electron chi connectivity index (χ3n) is 3.17. The lowest BCUT2D eigenvalue weighted by molar-refractivity contribution is 0.229. The van der Waals surface area contributed by atoms with Gasteiger partial charge >= 0.3 is 0 Å². The minimum absolute atomic E-state index is 0.0719. The van der Waals surface area contributed by atoms with Crippen LogP contribution >= 0.6 is 0 Å². The van der Waals surface area contributed by atoms with E-state index in [9.17, 15) is 4.39 Å². The van der Waals surface area contributed by atoms with Crippen LogP contribution in [0, 0.1) is 5.82 Å². The van der Waals surface area contributed by atoms with Gasteiger partial charge in [0.05, 0.1) is 6.10 Å². The number of hydrogen-bond donors (Lipinski definition) is 1. The summed E-state index contributed by atoms with van der Waals surface area (Å²) in [5.41, 5.74) is 1.63. The predicted molar refractivity (Wildman–Crippen MR) is 81.7 cm³/mol. The zero-order valence-electron chi connectivity index (χ0n) is 12.6. The molecule has 0 fully saturated rings. The van der Waals surface area contributed by atoms with Gasteiger partial charge in [-0.2, -0.15) is 0 Å². The van der Waals surface area contributed by atoms with Gasteiger partial charge in [-0.05, 0) is 32.9 Å². The first-order valence-electron chi connectivity index (χ1n) is 7.16. The van der Waals surface area contributed by atoms with Crippen molar-refractivity contribution >= 4 is 0 Å². The standard InChI is InChI=1S/C17H21FN2O/c1-12(2)21-17-14(7-6-10-19-17)11-20-13(3)15-8-4-5-9-16(15)18/h4-10,12-13,20H,11H2,1-3H3. The minimum atomic E-state index is -0.192. The molecule has 21 heavy (non-hydrogen) atoms. The maximum atomic E-state index is 13.7. The molecule has 1 aromatic carbocycles. The van der Waals surface area contributed by atoms with Gasteiger partial charge in [-0.15, -0.1) is 0 Å². The molecule has 0 saturated heterocycles. The molecule has 0 saturated carbocycles. The number of benzene rings is 1. The molecular formula is C17H21FN2O. The summed E-state index contributed by atoms with van der Waals surface area (Å²) in [6.07, 6.45) is 1.78. The summed E-state index contributed by atoms with van der Waals surface area (Å²) in [5.74, 6) is 0.433. The van der Waals surface area contributed by atoms with Crippen molar-refractivity contribution in [3.05, 3.63) is 59.5 Å². The molecule has 4 heteroatoms. The van der Waals surface area contributed by atoms with E-state index in [1.165, 1.54) is 6.07 Å². The summed E-state index contributed by atoms with van der Waals surface area (Å²) in [4.78, 5) is 4.25. The fraction of sp³-hybridized carbons (Fsp3) is 0.353. The summed E-state index contributed by atoms with van der Waals surface area (Å²) in [6.45, 7) is 6.45. The summed E-state index contributed by atoms with van der Waals surface area (Å²) in [6, 6.07) is 10.6. The molecular weight excluding hydrogens is 267 g/mol. The minimum Gasteiger partial charge on any atom is -0.475 e. The Labute approximate surface area is 125 Å². The highest BCUT2D eigenvalue weighted by Gasteiger charge is 2.12. The monoisotopic (exact) mass is 288 g/mol. The van der Waals surface area contributed by atoms with Crippen LogP contribution in [0.1, 0.15) is 37.9 Å². The largest absolute Gasteiger partial charge is 0.475 e. The van der Waals surface area contributed by atoms with Gasteiger partial charge in [0.1, 0.15) is 5.82 Å². The van der Waals surface area contributed by atoms with Crippen LogP contribution < -0.4 is 10.1 Å². The first-order valence-corrected chi connectivity index (χ1v) is 7.16. The van der Waals surface area contributed by atoms with Crippen molar-refractivity contribution in [2.75, 3.05) is 0 Å². The first kappa shape index (κ1) is 15.4. The van der Waals surface area contributed by atoms with Crippen molar-refractivity contribution < 1.29 is 9.13 Å². The van der Waals surface area contributed by atoms with Gasteiger partial charge in [0, 0.05) is 29.9 Å². The van der Waals surface area contributed by atoms with E-state index in [1.807, 2.05) is 39.0 Å². The molecule has 1 N–H and O–H groups in total. The van der Waals surface area contributed by atoms with Gasteiger partial charge in [-0.25, -0.2) is 9.37 Å². The molecule has 0 radical (unpaired) electrons. The Bertz CT molecular complexity index is 587. The second-order valence-corrected chi connectivity index (χ2v) is 5.26. The Morgan fingerprint density at radius 1 is 1.14 bits per heavy atom. The van der Waals surface area contributed by atoms with E-state index in [0.29, 0.717) is 18.0 Å². The quantitative estimate of drug-likeness (QED) is 0.876. The second-order valence-electron chi connectivity index (χ2n) is 5.26. The van der Waals surface area contributed by atoms with Crippen molar-refractivity contribution in [2.24, 2.45) is 0 Å². The lowest BCUT2D eigenvalue weighted by Crippen LogP contribution is -2.20. The smallest absolute Gasteiger partial charge is 0.218 e. The maximum Gasteiger partial charge on any atom is 0.218 e. The van der Waals surface area contributed by atoms with Crippen LogP contribution in [0.15, 0.2) is 42.6 Å². The Kier molecular flexibility index (Phi) is 5.28. The van der Waals surface area contributed by atoms with Crippen LogP contribution in [-0.2, 0) is 6.54 Å². The molecule has 0 aliphatic heterocycles. The van der Waals surface area contributed by atoms with E-state index in [0.717, 1.165) is 5.56 Å². The Morgan fingerprint density at radius 2 is 1.90 bits per heavy atom. The van der Waals surface area contributed by atoms with E-state index in [2.05, 4.69) is 10.3 Å². The topological polar surface area (TPSA) is 34.1 Å². The molecule has 0 aliphatic carbocycles. The van der Waals surface area contributed by atoms with Crippen LogP contribution in [0.3, 0.4) is 0 Å². The second kappa shape index (κ2) is 7.18. The summed E-state index contributed by atoms with van der Waals surface area (Å²) < 4.78 is 19.4. The maximum absolute atomic E-state index is 13.7. The van der Waals surface area contributed by atoms with Gasteiger partial charge in [0.25, 0.3) is 0 Å². The normalized spacial score (nSPS) is 12.4. The molecule has 3 nitrogen and oxygen atoms in total. The Hall–Kier alpha value is -1.94. The number of halogens is 1. The predicted octanol–water partition coefficient (Wildman–Crippen LogP) is 3.86. The average molecular weight is 288 g/mol. The highest BCUT2D eigenvalue weighted by atomic mass is 19.1. The van der Waals surface area contributed by atoms with Crippen molar-refractivity contribution in [3.63, 3.8) is 0 Å². The lowest BCUT2D eigenvalue weighted by atomic mass is 10.1. The van der Waals surface area contributed by atoms with Gasteiger partial charge in [0.2, 0.25) is 5.88 Å². The third kappa shape index (κ3) is 4.26. The van der Waals surface area contributed by atoms with E-state index >= 15 is 0 Å². The van der Waals surface area contributed by atoms with Crippen molar-refractivity contribution in [1.82, 2.24) is 10.3 Å². The number of ether oxygens (including phenoxy) is 1. The van der Waals surface area contributed by atoms with E-state index in [-0.39, 0.29) is 18.0 Å². The molecule has 0 bridgehead atoms. The molecule has 1 unspecified atom stereocenters. The van der Waals surface area contributed by atoms with Gasteiger partial charge in [0.15, 0.2) is 0 Å². The molecule has 1 heterocycles. The SMILES string of the molecule is CC(C)Oc1ncccc1CNC(C)c1ccccc1F. The van der Waals surface area contributed by atoms with Crippen molar-refractivity contribution in [3.8, 4) is 5.88 Å². The number of hydrogen-bond acceptors (Lipinski definition) is 3. The van der Waals surface area contributed by atoms with Gasteiger partial charge in [-0.1, -0.05) is 24.3 Å². The highest BCUT2D eigenvalue weighted by molar-refractivity contribution is 5.26. The Morgan fingerprint density at radius 3 is 2.62 bits per heavy atom. The third-order valence-corrected chi connectivity index (χ3v) is 3.17. The molecule has 1 aromatic heterocycles. The van der Waals surface area contributed by atoms with Crippen LogP contribution in [0.4, 0.5) is 4.39 Å². The average Bonchev–Trinajstić information content (AvgIpc) is 2.46. The number of aromatic nitrogens is 1. The zero-order valence-corrected chi connectivity index (χ0v) is 12.6. The van der Waals surface area contributed by atoms with E-state index < -0.39 is 0 Å². The van der Waals surface area contributed by atoms with Crippen molar-refractivity contribution in [2.45, 2.75) is 39.5 Å². The molecule has 0 spiro atoms. The molecule has 1 atom stereocenters. The Balaban J connectivity index is 2.05. The first-order chi connectivity index (χ1) is 10.1. The number of rotatable bonds is 6. The molecule has 112 valence electrons. The highest BCUT2D eigenvalue weighted by Crippen LogP contribution is 2.19. The number of nitrogens with zero attached hydrogens (tertiary/aromatic N) is 1. The molecule has 0 aliphatic rings. The lowest BCUT2D eigenvalue weighted by Gasteiger charge is -2.17. The van der Waals surface area contributed by atoms with Gasteiger partial charge in [-0.3, -0.25) is 0 Å². The number of pyridine rings is 1. The fourth-order valence-electron chi connectivity index (χ4n) is 2.09. The number of nitrogens with one attached hydrogen (secondary N) is 1. The summed E-state index contributed by atoms with van der Waals surface area (Å²) >= 11 is 0. The van der Waals surface area contributed by atoms with Crippen LogP contribution in [0.5, 0.6) is 5.88 Å². The van der Waals surface area contributed by atoms with Crippen LogP contribution in [0.25, 0.3) is 0 Å². The van der Waals surface area contributed by atoms with Crippen LogP contribution in [-0.4, -0.2) is 11.1 Å². The van der Waals surface area contributed by atoms with E-state index in [1.54, 1.807) is 18.3 Å². The molecule has 2 aromatic rings. The van der Waals surface area contributed by atoms with Crippen molar-refractivity contribution in [1.29, 1.82) is 0 Å². The molecule has 2 rings (SSSR count). The zero-order chi connectivity index (χ0) is 15.2. The van der Waals surface area contributed by atoms with E-state index in [4.69, 9.17) is 4.74 Å². The fourth-order valence-corrected chi connectivity index (χ4v) is 2.09. The summed E-state index contributed by atoms with van der Waals surface area (Å²) in [7, 11) is 0.